The fraction of sp³-hybridized carbons (Fsp3) is 0.154. The van der Waals surface area contributed by atoms with Crippen LogP contribution < -0.4 is 9.64 Å². The number of hydrogen-bond donors (Lipinski definition) is 0. The summed E-state index contributed by atoms with van der Waals surface area (Å²) in [6.07, 6.45) is 1.93. The van der Waals surface area contributed by atoms with Gasteiger partial charge in [0.1, 0.15) is 10.8 Å². The van der Waals surface area contributed by atoms with Gasteiger partial charge in [0, 0.05) is 11.6 Å². The predicted octanol–water partition coefficient (Wildman–Crippen LogP) is 5.99. The van der Waals surface area contributed by atoms with Gasteiger partial charge in [0.15, 0.2) is 5.13 Å². The van der Waals surface area contributed by atoms with Crippen molar-refractivity contribution in [1.29, 1.82) is 0 Å². The van der Waals surface area contributed by atoms with Crippen LogP contribution in [0.1, 0.15) is 18.2 Å². The summed E-state index contributed by atoms with van der Waals surface area (Å²) in [6, 6.07) is 21.5. The van der Waals surface area contributed by atoms with Crippen LogP contribution in [0.15, 0.2) is 78.3 Å². The molecule has 0 aliphatic carbocycles. The highest BCUT2D eigenvalue weighted by molar-refractivity contribution is 7.22. The Morgan fingerprint density at radius 2 is 1.88 bits per heavy atom. The summed E-state index contributed by atoms with van der Waals surface area (Å²) in [6.45, 7) is 3.00. The number of benzene rings is 2. The summed E-state index contributed by atoms with van der Waals surface area (Å²) in [4.78, 5) is 29.1. The molecular formula is C26H22N4O2S2. The molecule has 0 spiro atoms. The molecule has 6 nitrogen and oxygen atoms in total. The smallest absolute Gasteiger partial charge is 0.235 e. The van der Waals surface area contributed by atoms with E-state index in [1.165, 1.54) is 22.7 Å². The minimum absolute atomic E-state index is 0.0502. The standard InChI is InChI=1S/C26H22N4O2S2/c1-2-32-20-11-12-21-23(15-20)34-26(29-21)30(16-18-8-4-3-5-9-18)24(31)14-19-17-33-25(28-19)22-10-6-7-13-27-22/h3-13,15,17H,2,14,16H2,1H3. The highest BCUT2D eigenvalue weighted by Gasteiger charge is 2.22. The number of anilines is 1. The molecule has 1 amide bonds. The topological polar surface area (TPSA) is 68.2 Å². The van der Waals surface area contributed by atoms with Gasteiger partial charge in [-0.2, -0.15) is 0 Å². The van der Waals surface area contributed by atoms with Gasteiger partial charge in [-0.05, 0) is 42.8 Å². The van der Waals surface area contributed by atoms with Crippen LogP contribution in [0.3, 0.4) is 0 Å². The number of amides is 1. The first kappa shape index (κ1) is 22.2. The second-order valence-electron chi connectivity index (χ2n) is 7.56. The molecule has 0 saturated carbocycles. The molecule has 5 rings (SSSR count). The van der Waals surface area contributed by atoms with Crippen LogP contribution in [0.25, 0.3) is 20.9 Å². The summed E-state index contributed by atoms with van der Waals surface area (Å²) < 4.78 is 6.61. The average Bonchev–Trinajstić information content (AvgIpc) is 3.51. The molecule has 3 aromatic heterocycles. The minimum atomic E-state index is -0.0502. The predicted molar refractivity (Wildman–Crippen MR) is 137 cm³/mol. The number of ether oxygens (including phenoxy) is 1. The van der Waals surface area contributed by atoms with E-state index in [0.29, 0.717) is 18.3 Å². The van der Waals surface area contributed by atoms with Crippen molar-refractivity contribution in [1.82, 2.24) is 15.0 Å². The zero-order valence-electron chi connectivity index (χ0n) is 18.5. The lowest BCUT2D eigenvalue weighted by Crippen LogP contribution is -2.31. The molecule has 0 unspecified atom stereocenters. The SMILES string of the molecule is CCOc1ccc2nc(N(Cc3ccccc3)C(=O)Cc3csc(-c4ccccn4)n3)sc2c1. The largest absolute Gasteiger partial charge is 0.494 e. The highest BCUT2D eigenvalue weighted by atomic mass is 32.1. The molecule has 170 valence electrons. The molecule has 2 aromatic carbocycles. The molecule has 0 bridgehead atoms. The Morgan fingerprint density at radius 1 is 1.03 bits per heavy atom. The third-order valence-electron chi connectivity index (χ3n) is 5.14. The van der Waals surface area contributed by atoms with Crippen LogP contribution in [0.4, 0.5) is 5.13 Å². The van der Waals surface area contributed by atoms with Crippen molar-refractivity contribution in [2.45, 2.75) is 19.9 Å². The monoisotopic (exact) mass is 486 g/mol. The molecule has 0 saturated heterocycles. The maximum absolute atomic E-state index is 13.5. The van der Waals surface area contributed by atoms with Gasteiger partial charge in [-0.3, -0.25) is 14.7 Å². The molecule has 3 heterocycles. The molecule has 0 aliphatic heterocycles. The van der Waals surface area contributed by atoms with E-state index in [4.69, 9.17) is 9.72 Å². The van der Waals surface area contributed by atoms with E-state index in [-0.39, 0.29) is 12.3 Å². The number of nitrogens with zero attached hydrogens (tertiary/aromatic N) is 4. The molecule has 0 N–H and O–H groups in total. The van der Waals surface area contributed by atoms with Crippen molar-refractivity contribution < 1.29 is 9.53 Å². The van der Waals surface area contributed by atoms with Crippen molar-refractivity contribution in [3.05, 3.63) is 89.6 Å². The van der Waals surface area contributed by atoms with Gasteiger partial charge in [-0.25, -0.2) is 9.97 Å². The Hall–Kier alpha value is -3.62. The fourth-order valence-electron chi connectivity index (χ4n) is 3.54. The van der Waals surface area contributed by atoms with Gasteiger partial charge < -0.3 is 4.74 Å². The maximum atomic E-state index is 13.5. The van der Waals surface area contributed by atoms with Gasteiger partial charge >= 0.3 is 0 Å². The van der Waals surface area contributed by atoms with Crippen LogP contribution in [0.5, 0.6) is 5.75 Å². The molecular weight excluding hydrogens is 464 g/mol. The molecule has 0 atom stereocenters. The van der Waals surface area contributed by atoms with E-state index >= 15 is 0 Å². The summed E-state index contributed by atoms with van der Waals surface area (Å²) >= 11 is 2.99. The third-order valence-corrected chi connectivity index (χ3v) is 7.10. The highest BCUT2D eigenvalue weighted by Crippen LogP contribution is 2.33. The van der Waals surface area contributed by atoms with E-state index in [2.05, 4.69) is 9.97 Å². The van der Waals surface area contributed by atoms with Crippen molar-refractivity contribution >= 4 is 43.9 Å². The van der Waals surface area contributed by atoms with Crippen molar-refractivity contribution in [2.24, 2.45) is 0 Å². The quantitative estimate of drug-likeness (QED) is 0.269. The van der Waals surface area contributed by atoms with Gasteiger partial charge in [0.2, 0.25) is 5.91 Å². The van der Waals surface area contributed by atoms with Gasteiger partial charge in [0.05, 0.1) is 41.2 Å². The molecule has 34 heavy (non-hydrogen) atoms. The zero-order chi connectivity index (χ0) is 23.3. The Kier molecular flexibility index (Phi) is 6.60. The van der Waals surface area contributed by atoms with Gasteiger partial charge in [-0.15, -0.1) is 11.3 Å². The second kappa shape index (κ2) is 10.1. The van der Waals surface area contributed by atoms with E-state index in [1.807, 2.05) is 79.0 Å². The Balaban J connectivity index is 1.43. The van der Waals surface area contributed by atoms with Crippen LogP contribution in [0, 0.1) is 0 Å². The Morgan fingerprint density at radius 3 is 2.68 bits per heavy atom. The zero-order valence-corrected chi connectivity index (χ0v) is 20.2. The molecule has 0 radical (unpaired) electrons. The van der Waals surface area contributed by atoms with E-state index in [9.17, 15) is 4.79 Å². The number of hydrogen-bond acceptors (Lipinski definition) is 7. The van der Waals surface area contributed by atoms with Crippen molar-refractivity contribution in [2.75, 3.05) is 11.5 Å². The number of pyridine rings is 1. The van der Waals surface area contributed by atoms with Crippen molar-refractivity contribution in [3.63, 3.8) is 0 Å². The normalized spacial score (nSPS) is 11.0. The van der Waals surface area contributed by atoms with E-state index in [0.717, 1.165) is 37.9 Å². The summed E-state index contributed by atoms with van der Waals surface area (Å²) in [5.41, 5.74) is 3.43. The number of carbonyl (C=O) groups excluding carboxylic acids is 1. The molecule has 0 fully saturated rings. The number of thiazole rings is 2. The van der Waals surface area contributed by atoms with Crippen molar-refractivity contribution in [3.8, 4) is 16.5 Å². The summed E-state index contributed by atoms with van der Waals surface area (Å²) in [5, 5.41) is 3.40. The average molecular weight is 487 g/mol. The molecule has 5 aromatic rings. The maximum Gasteiger partial charge on any atom is 0.235 e. The first-order valence-electron chi connectivity index (χ1n) is 10.9. The van der Waals surface area contributed by atoms with Crippen LogP contribution >= 0.6 is 22.7 Å². The number of aromatic nitrogens is 3. The molecule has 0 aliphatic rings. The van der Waals surface area contributed by atoms with Crippen LogP contribution in [-0.4, -0.2) is 27.5 Å². The lowest BCUT2D eigenvalue weighted by Gasteiger charge is -2.19. The summed E-state index contributed by atoms with van der Waals surface area (Å²) in [7, 11) is 0. The van der Waals surface area contributed by atoms with Gasteiger partial charge in [-0.1, -0.05) is 47.7 Å². The van der Waals surface area contributed by atoms with Crippen LogP contribution in [0.2, 0.25) is 0 Å². The van der Waals surface area contributed by atoms with Gasteiger partial charge in [0.25, 0.3) is 0 Å². The fourth-order valence-corrected chi connectivity index (χ4v) is 5.34. The first-order chi connectivity index (χ1) is 16.7. The number of rotatable bonds is 8. The molecule has 8 heteroatoms. The minimum Gasteiger partial charge on any atom is -0.494 e. The first-order valence-corrected chi connectivity index (χ1v) is 12.6. The van der Waals surface area contributed by atoms with E-state index < -0.39 is 0 Å². The number of carbonyl (C=O) groups is 1. The Labute approximate surface area is 205 Å². The van der Waals surface area contributed by atoms with E-state index in [1.54, 1.807) is 11.1 Å². The second-order valence-corrected chi connectivity index (χ2v) is 9.43. The lowest BCUT2D eigenvalue weighted by molar-refractivity contribution is -0.118. The number of fused-ring (bicyclic) bond motifs is 1. The lowest BCUT2D eigenvalue weighted by atomic mass is 10.2. The Bertz CT molecular complexity index is 1400. The third kappa shape index (κ3) is 4.98. The van der Waals surface area contributed by atoms with Crippen LogP contribution in [-0.2, 0) is 17.8 Å². The summed E-state index contributed by atoms with van der Waals surface area (Å²) in [5.74, 6) is 0.751.